The first kappa shape index (κ1) is 13.0. The highest BCUT2D eigenvalue weighted by Gasteiger charge is 2.28. The van der Waals surface area contributed by atoms with Gasteiger partial charge in [0, 0.05) is 24.8 Å². The Labute approximate surface area is 117 Å². The summed E-state index contributed by atoms with van der Waals surface area (Å²) in [4.78, 5) is 2.66. The predicted molar refractivity (Wildman–Crippen MR) is 81.8 cm³/mol. The minimum absolute atomic E-state index is 0.732. The van der Waals surface area contributed by atoms with Gasteiger partial charge >= 0.3 is 0 Å². The van der Waals surface area contributed by atoms with Gasteiger partial charge in [-0.15, -0.1) is 0 Å². The van der Waals surface area contributed by atoms with Gasteiger partial charge < -0.3 is 10.2 Å². The van der Waals surface area contributed by atoms with Crippen LogP contribution in [0.15, 0.2) is 24.3 Å². The highest BCUT2D eigenvalue weighted by atomic mass is 15.1. The van der Waals surface area contributed by atoms with E-state index in [1.165, 1.54) is 57.3 Å². The fourth-order valence-corrected chi connectivity index (χ4v) is 3.88. The van der Waals surface area contributed by atoms with Crippen LogP contribution in [0.25, 0.3) is 0 Å². The molecule has 1 aliphatic carbocycles. The average Bonchev–Trinajstić information content (AvgIpc) is 2.80. The van der Waals surface area contributed by atoms with E-state index >= 15 is 0 Å². The summed E-state index contributed by atoms with van der Waals surface area (Å²) in [7, 11) is 2.12. The van der Waals surface area contributed by atoms with Crippen LogP contribution in [0.2, 0.25) is 0 Å². The fourth-order valence-electron chi connectivity index (χ4n) is 3.88. The Balaban J connectivity index is 1.77. The number of benzene rings is 1. The molecule has 1 saturated carbocycles. The zero-order valence-corrected chi connectivity index (χ0v) is 12.1. The number of rotatable bonds is 3. The monoisotopic (exact) mass is 258 g/mol. The van der Waals surface area contributed by atoms with Gasteiger partial charge in [0.15, 0.2) is 0 Å². The number of nitrogens with zero attached hydrogens (tertiary/aromatic N) is 1. The standard InChI is InChI=1S/C17H26N2/c1-18-16-10-6-9-15(16)13-19-12-5-4-8-14-7-2-3-11-17(14)19/h2-3,7,11,15-16,18H,4-6,8-10,12-13H2,1H3. The summed E-state index contributed by atoms with van der Waals surface area (Å²) in [6.07, 6.45) is 8.08. The molecule has 2 heteroatoms. The summed E-state index contributed by atoms with van der Waals surface area (Å²) in [5.74, 6) is 0.830. The van der Waals surface area contributed by atoms with Crippen molar-refractivity contribution in [2.45, 2.75) is 44.6 Å². The predicted octanol–water partition coefficient (Wildman–Crippen LogP) is 3.22. The summed E-state index contributed by atoms with van der Waals surface area (Å²) in [6, 6.07) is 9.76. The molecule has 1 heterocycles. The summed E-state index contributed by atoms with van der Waals surface area (Å²) in [5, 5.41) is 3.52. The molecule has 1 N–H and O–H groups in total. The quantitative estimate of drug-likeness (QED) is 0.895. The van der Waals surface area contributed by atoms with Crippen molar-refractivity contribution in [3.8, 4) is 0 Å². The molecule has 2 unspecified atom stereocenters. The lowest BCUT2D eigenvalue weighted by Gasteiger charge is -2.30. The zero-order valence-electron chi connectivity index (χ0n) is 12.1. The largest absolute Gasteiger partial charge is 0.371 e. The Morgan fingerprint density at radius 1 is 1.16 bits per heavy atom. The SMILES string of the molecule is CNC1CCCC1CN1CCCCc2ccccc21. The van der Waals surface area contributed by atoms with Crippen LogP contribution in [0.3, 0.4) is 0 Å². The first-order chi connectivity index (χ1) is 9.38. The molecule has 0 saturated heterocycles. The van der Waals surface area contributed by atoms with Crippen molar-refractivity contribution in [1.82, 2.24) is 5.32 Å². The van der Waals surface area contributed by atoms with Crippen molar-refractivity contribution in [3.05, 3.63) is 29.8 Å². The summed E-state index contributed by atoms with van der Waals surface area (Å²) < 4.78 is 0. The lowest BCUT2D eigenvalue weighted by atomic mass is 10.0. The molecule has 3 rings (SSSR count). The highest BCUT2D eigenvalue weighted by Crippen LogP contribution is 2.31. The Morgan fingerprint density at radius 3 is 2.95 bits per heavy atom. The maximum atomic E-state index is 3.52. The minimum atomic E-state index is 0.732. The van der Waals surface area contributed by atoms with Crippen LogP contribution in [-0.2, 0) is 6.42 Å². The van der Waals surface area contributed by atoms with E-state index in [4.69, 9.17) is 0 Å². The smallest absolute Gasteiger partial charge is 0.0398 e. The van der Waals surface area contributed by atoms with Gasteiger partial charge in [0.25, 0.3) is 0 Å². The van der Waals surface area contributed by atoms with Crippen LogP contribution in [0.4, 0.5) is 5.69 Å². The number of para-hydroxylation sites is 1. The Bertz CT molecular complexity index is 415. The van der Waals surface area contributed by atoms with Crippen LogP contribution in [0.1, 0.15) is 37.7 Å². The molecule has 1 aliphatic heterocycles. The van der Waals surface area contributed by atoms with Crippen LogP contribution >= 0.6 is 0 Å². The van der Waals surface area contributed by atoms with E-state index in [0.29, 0.717) is 0 Å². The molecule has 0 spiro atoms. The second-order valence-corrected chi connectivity index (χ2v) is 6.12. The molecule has 0 aromatic heterocycles. The van der Waals surface area contributed by atoms with Crippen molar-refractivity contribution in [3.63, 3.8) is 0 Å². The van der Waals surface area contributed by atoms with Gasteiger partial charge in [0.1, 0.15) is 0 Å². The van der Waals surface area contributed by atoms with E-state index in [1.807, 2.05) is 0 Å². The number of fused-ring (bicyclic) bond motifs is 1. The highest BCUT2D eigenvalue weighted by molar-refractivity contribution is 5.54. The Hall–Kier alpha value is -1.02. The second-order valence-electron chi connectivity index (χ2n) is 6.12. The molecule has 2 nitrogen and oxygen atoms in total. The molecular formula is C17H26N2. The lowest BCUT2D eigenvalue weighted by molar-refractivity contribution is 0.421. The molecule has 1 aromatic rings. The lowest BCUT2D eigenvalue weighted by Crippen LogP contribution is -2.38. The van der Waals surface area contributed by atoms with Gasteiger partial charge in [-0.1, -0.05) is 24.6 Å². The first-order valence-electron chi connectivity index (χ1n) is 7.88. The van der Waals surface area contributed by atoms with E-state index in [-0.39, 0.29) is 0 Å². The van der Waals surface area contributed by atoms with Gasteiger partial charge in [-0.2, -0.15) is 0 Å². The molecule has 104 valence electrons. The molecule has 0 radical (unpaired) electrons. The Kier molecular flexibility index (Phi) is 4.07. The molecule has 1 aromatic carbocycles. The van der Waals surface area contributed by atoms with Crippen molar-refractivity contribution in [2.24, 2.45) is 5.92 Å². The van der Waals surface area contributed by atoms with Crippen molar-refractivity contribution < 1.29 is 0 Å². The molecular weight excluding hydrogens is 232 g/mol. The number of aryl methyl sites for hydroxylation is 1. The average molecular weight is 258 g/mol. The maximum Gasteiger partial charge on any atom is 0.0398 e. The van der Waals surface area contributed by atoms with E-state index in [0.717, 1.165) is 12.0 Å². The number of hydrogen-bond donors (Lipinski definition) is 1. The van der Waals surface area contributed by atoms with Gasteiger partial charge in [-0.25, -0.2) is 0 Å². The number of hydrogen-bond acceptors (Lipinski definition) is 2. The van der Waals surface area contributed by atoms with Gasteiger partial charge in [-0.05, 0) is 56.7 Å². The van der Waals surface area contributed by atoms with Crippen LogP contribution in [0, 0.1) is 5.92 Å². The molecule has 0 bridgehead atoms. The Morgan fingerprint density at radius 2 is 2.05 bits per heavy atom. The normalized spacial score (nSPS) is 27.1. The summed E-state index contributed by atoms with van der Waals surface area (Å²) >= 11 is 0. The summed E-state index contributed by atoms with van der Waals surface area (Å²) in [5.41, 5.74) is 3.06. The topological polar surface area (TPSA) is 15.3 Å². The van der Waals surface area contributed by atoms with Gasteiger partial charge in [0.2, 0.25) is 0 Å². The van der Waals surface area contributed by atoms with Crippen molar-refractivity contribution in [2.75, 3.05) is 25.0 Å². The number of anilines is 1. The fraction of sp³-hybridized carbons (Fsp3) is 0.647. The molecule has 2 atom stereocenters. The van der Waals surface area contributed by atoms with E-state index < -0.39 is 0 Å². The van der Waals surface area contributed by atoms with Crippen LogP contribution < -0.4 is 10.2 Å². The second kappa shape index (κ2) is 5.96. The molecule has 1 fully saturated rings. The zero-order chi connectivity index (χ0) is 13.1. The van der Waals surface area contributed by atoms with E-state index in [1.54, 1.807) is 5.56 Å². The van der Waals surface area contributed by atoms with E-state index in [2.05, 4.69) is 41.5 Å². The summed E-state index contributed by atoms with van der Waals surface area (Å²) in [6.45, 7) is 2.48. The third kappa shape index (κ3) is 2.79. The molecule has 0 amide bonds. The van der Waals surface area contributed by atoms with Crippen molar-refractivity contribution >= 4 is 5.69 Å². The van der Waals surface area contributed by atoms with Crippen LogP contribution in [0.5, 0.6) is 0 Å². The third-order valence-corrected chi connectivity index (χ3v) is 4.94. The first-order valence-corrected chi connectivity index (χ1v) is 7.88. The molecule has 2 aliphatic rings. The molecule has 19 heavy (non-hydrogen) atoms. The third-order valence-electron chi connectivity index (χ3n) is 4.94. The minimum Gasteiger partial charge on any atom is -0.371 e. The van der Waals surface area contributed by atoms with Gasteiger partial charge in [-0.3, -0.25) is 0 Å². The van der Waals surface area contributed by atoms with E-state index in [9.17, 15) is 0 Å². The van der Waals surface area contributed by atoms with Gasteiger partial charge in [0.05, 0.1) is 0 Å². The van der Waals surface area contributed by atoms with Crippen molar-refractivity contribution in [1.29, 1.82) is 0 Å². The maximum absolute atomic E-state index is 3.52. The van der Waals surface area contributed by atoms with Crippen LogP contribution in [-0.4, -0.2) is 26.2 Å². The number of nitrogens with one attached hydrogen (secondary N) is 1.